The largest absolute Gasteiger partial charge is 0.365 e. The van der Waals surface area contributed by atoms with Crippen molar-refractivity contribution in [2.45, 2.75) is 12.8 Å². The Kier molecular flexibility index (Phi) is 3.74. The van der Waals surface area contributed by atoms with Gasteiger partial charge in [0, 0.05) is 6.42 Å². The van der Waals surface area contributed by atoms with Crippen molar-refractivity contribution in [3.05, 3.63) is 35.9 Å². The van der Waals surface area contributed by atoms with E-state index in [1.807, 2.05) is 30.3 Å². The second kappa shape index (κ2) is 5.05. The number of amides is 1. The van der Waals surface area contributed by atoms with E-state index in [2.05, 4.69) is 0 Å². The Labute approximate surface area is 87.6 Å². The number of nitrogens with one attached hydrogen (secondary N) is 1. The fourth-order valence-corrected chi connectivity index (χ4v) is 1.17. The summed E-state index contributed by atoms with van der Waals surface area (Å²) >= 11 is 0. The predicted molar refractivity (Wildman–Crippen MR) is 56.7 cm³/mol. The van der Waals surface area contributed by atoms with Crippen molar-refractivity contribution in [2.24, 2.45) is 5.73 Å². The van der Waals surface area contributed by atoms with Crippen LogP contribution in [0.3, 0.4) is 0 Å². The maximum atomic E-state index is 11.4. The highest BCUT2D eigenvalue weighted by molar-refractivity contribution is 6.40. The summed E-state index contributed by atoms with van der Waals surface area (Å²) in [7, 11) is 0. The van der Waals surface area contributed by atoms with Gasteiger partial charge in [-0.15, -0.1) is 0 Å². The molecule has 0 aromatic heterocycles. The molecule has 4 nitrogen and oxygen atoms in total. The molecule has 4 heteroatoms. The number of primary amides is 1. The number of rotatable bonds is 5. The van der Waals surface area contributed by atoms with E-state index in [0.717, 1.165) is 5.56 Å². The van der Waals surface area contributed by atoms with E-state index in [9.17, 15) is 9.59 Å². The molecule has 0 radical (unpaired) electrons. The number of benzene rings is 1. The molecule has 1 aromatic carbocycles. The summed E-state index contributed by atoms with van der Waals surface area (Å²) in [5.41, 5.74) is 5.40. The van der Waals surface area contributed by atoms with E-state index in [-0.39, 0.29) is 24.3 Å². The summed E-state index contributed by atoms with van der Waals surface area (Å²) < 4.78 is 0. The van der Waals surface area contributed by atoms with Gasteiger partial charge in [0.1, 0.15) is 11.5 Å². The molecular weight excluding hydrogens is 192 g/mol. The Bertz CT molecular complexity index is 385. The first-order valence-electron chi connectivity index (χ1n) is 4.52. The van der Waals surface area contributed by atoms with Crippen molar-refractivity contribution < 1.29 is 9.59 Å². The van der Waals surface area contributed by atoms with Crippen molar-refractivity contribution in [1.29, 1.82) is 5.41 Å². The average molecular weight is 204 g/mol. The Morgan fingerprint density at radius 2 is 1.80 bits per heavy atom. The van der Waals surface area contributed by atoms with Crippen LogP contribution in [0.25, 0.3) is 0 Å². The van der Waals surface area contributed by atoms with Gasteiger partial charge in [-0.3, -0.25) is 15.0 Å². The van der Waals surface area contributed by atoms with Crippen LogP contribution in [-0.4, -0.2) is 17.4 Å². The van der Waals surface area contributed by atoms with Gasteiger partial charge in [0.25, 0.3) is 5.91 Å². The normalized spacial score (nSPS) is 9.60. The molecule has 3 N–H and O–H groups in total. The molecule has 0 spiro atoms. The quantitative estimate of drug-likeness (QED) is 0.691. The lowest BCUT2D eigenvalue weighted by atomic mass is 10.1. The molecule has 0 aliphatic rings. The Morgan fingerprint density at radius 3 is 2.33 bits per heavy atom. The zero-order valence-corrected chi connectivity index (χ0v) is 8.19. The molecule has 1 aromatic rings. The van der Waals surface area contributed by atoms with Crippen LogP contribution >= 0.6 is 0 Å². The lowest BCUT2D eigenvalue weighted by Gasteiger charge is -2.00. The highest BCUT2D eigenvalue weighted by Gasteiger charge is 2.10. The molecule has 0 unspecified atom stereocenters. The maximum absolute atomic E-state index is 11.4. The minimum absolute atomic E-state index is 0.176. The monoisotopic (exact) mass is 204 g/mol. The van der Waals surface area contributed by atoms with Crippen LogP contribution in [0, 0.1) is 5.41 Å². The Balaban J connectivity index is 2.51. The smallest absolute Gasteiger partial charge is 0.262 e. The lowest BCUT2D eigenvalue weighted by molar-refractivity contribution is -0.118. The van der Waals surface area contributed by atoms with E-state index in [1.165, 1.54) is 0 Å². The highest BCUT2D eigenvalue weighted by Crippen LogP contribution is 2.02. The SMILES string of the molecule is N=C(CC(=O)Cc1ccccc1)C(N)=O. The molecule has 0 heterocycles. The first-order chi connectivity index (χ1) is 7.09. The third-order valence-electron chi connectivity index (χ3n) is 1.92. The molecule has 0 fully saturated rings. The zero-order valence-electron chi connectivity index (χ0n) is 8.19. The molecule has 78 valence electrons. The molecule has 0 bridgehead atoms. The first-order valence-corrected chi connectivity index (χ1v) is 4.52. The maximum Gasteiger partial charge on any atom is 0.262 e. The van der Waals surface area contributed by atoms with Crippen LogP contribution < -0.4 is 5.73 Å². The molecule has 15 heavy (non-hydrogen) atoms. The van der Waals surface area contributed by atoms with E-state index in [4.69, 9.17) is 11.1 Å². The van der Waals surface area contributed by atoms with Crippen LogP contribution in [0.5, 0.6) is 0 Å². The van der Waals surface area contributed by atoms with Gasteiger partial charge in [0.05, 0.1) is 6.42 Å². The number of Topliss-reactive ketones (excluding diaryl/α,β-unsaturated/α-hetero) is 1. The number of ketones is 1. The van der Waals surface area contributed by atoms with Crippen LogP contribution in [0.15, 0.2) is 30.3 Å². The summed E-state index contributed by atoms with van der Waals surface area (Å²) in [6.07, 6.45) is 0.0424. The average Bonchev–Trinajstić information content (AvgIpc) is 2.18. The van der Waals surface area contributed by atoms with Crippen LogP contribution in [0.1, 0.15) is 12.0 Å². The van der Waals surface area contributed by atoms with Gasteiger partial charge in [-0.25, -0.2) is 0 Å². The zero-order chi connectivity index (χ0) is 11.3. The fourth-order valence-electron chi connectivity index (χ4n) is 1.17. The molecule has 0 aliphatic heterocycles. The van der Waals surface area contributed by atoms with Gasteiger partial charge in [-0.2, -0.15) is 0 Å². The molecular formula is C11H12N2O2. The Morgan fingerprint density at radius 1 is 1.20 bits per heavy atom. The number of hydrogen-bond donors (Lipinski definition) is 2. The van der Waals surface area contributed by atoms with Crippen molar-refractivity contribution >= 4 is 17.4 Å². The summed E-state index contributed by atoms with van der Waals surface area (Å²) in [4.78, 5) is 21.9. The van der Waals surface area contributed by atoms with Crippen LogP contribution in [-0.2, 0) is 16.0 Å². The number of carbonyl (C=O) groups excluding carboxylic acids is 2. The lowest BCUT2D eigenvalue weighted by Crippen LogP contribution is -2.25. The molecule has 0 saturated heterocycles. The molecule has 1 amide bonds. The minimum Gasteiger partial charge on any atom is -0.365 e. The molecule has 0 saturated carbocycles. The standard InChI is InChI=1S/C11H12N2O2/c12-10(11(13)15)7-9(14)6-8-4-2-1-3-5-8/h1-5,12H,6-7H2,(H2,13,15). The van der Waals surface area contributed by atoms with Gasteiger partial charge in [0.2, 0.25) is 0 Å². The molecule has 1 rings (SSSR count). The van der Waals surface area contributed by atoms with Crippen LogP contribution in [0.2, 0.25) is 0 Å². The van der Waals surface area contributed by atoms with Gasteiger partial charge in [-0.05, 0) is 5.56 Å². The van der Waals surface area contributed by atoms with E-state index in [0.29, 0.717) is 0 Å². The van der Waals surface area contributed by atoms with Crippen molar-refractivity contribution in [3.63, 3.8) is 0 Å². The third kappa shape index (κ3) is 3.72. The van der Waals surface area contributed by atoms with Crippen LogP contribution in [0.4, 0.5) is 0 Å². The summed E-state index contributed by atoms with van der Waals surface area (Å²) in [5, 5.41) is 7.14. The summed E-state index contributed by atoms with van der Waals surface area (Å²) in [6.45, 7) is 0. The second-order valence-corrected chi connectivity index (χ2v) is 3.22. The Hall–Kier alpha value is -1.97. The summed E-state index contributed by atoms with van der Waals surface area (Å²) in [6, 6.07) is 9.18. The number of nitrogens with two attached hydrogens (primary N) is 1. The van der Waals surface area contributed by atoms with Gasteiger partial charge in [0.15, 0.2) is 0 Å². The van der Waals surface area contributed by atoms with E-state index < -0.39 is 5.91 Å². The second-order valence-electron chi connectivity index (χ2n) is 3.22. The van der Waals surface area contributed by atoms with E-state index in [1.54, 1.807) is 0 Å². The summed E-state index contributed by atoms with van der Waals surface area (Å²) in [5.74, 6) is -1.01. The highest BCUT2D eigenvalue weighted by atomic mass is 16.1. The fraction of sp³-hybridized carbons (Fsp3) is 0.182. The van der Waals surface area contributed by atoms with Gasteiger partial charge < -0.3 is 5.73 Å². The first kappa shape index (κ1) is 11.1. The van der Waals surface area contributed by atoms with Crippen molar-refractivity contribution in [2.75, 3.05) is 0 Å². The predicted octanol–water partition coefficient (Wildman–Crippen LogP) is 0.693. The van der Waals surface area contributed by atoms with Crippen molar-refractivity contribution in [3.8, 4) is 0 Å². The molecule has 0 aliphatic carbocycles. The van der Waals surface area contributed by atoms with Crippen molar-refractivity contribution in [1.82, 2.24) is 0 Å². The third-order valence-corrected chi connectivity index (χ3v) is 1.92. The topological polar surface area (TPSA) is 84.0 Å². The molecule has 0 atom stereocenters. The minimum atomic E-state index is -0.837. The van der Waals surface area contributed by atoms with E-state index >= 15 is 0 Å². The van der Waals surface area contributed by atoms with Gasteiger partial charge >= 0.3 is 0 Å². The number of hydrogen-bond acceptors (Lipinski definition) is 3. The number of carbonyl (C=O) groups is 2. The van der Waals surface area contributed by atoms with Gasteiger partial charge in [-0.1, -0.05) is 30.3 Å².